The van der Waals surface area contributed by atoms with Gasteiger partial charge < -0.3 is 50.1 Å². The van der Waals surface area contributed by atoms with Gasteiger partial charge in [0.1, 0.15) is 17.3 Å². The molecule has 5 heterocycles. The number of nitrogens with one attached hydrogen (secondary N) is 3. The smallest absolute Gasteiger partial charge is 0.322 e. The number of aliphatic hydroxyl groups is 3. The van der Waals surface area contributed by atoms with Crippen LogP contribution < -0.4 is 20.3 Å². The maximum atomic E-state index is 15.2. The number of aliphatic hydroxyl groups excluding tert-OH is 1. The molecule has 1 amide bonds. The third-order valence-corrected chi connectivity index (χ3v) is 17.3. The van der Waals surface area contributed by atoms with Crippen LogP contribution in [0.2, 0.25) is 19.1 Å². The predicted molar refractivity (Wildman–Crippen MR) is 239 cm³/mol. The number of hydrogen-bond acceptors (Lipinski definition) is 11. The quantitative estimate of drug-likeness (QED) is 0.0679. The first kappa shape index (κ1) is 43.9. The van der Waals surface area contributed by atoms with Gasteiger partial charge in [-0.2, -0.15) is 0 Å². The van der Waals surface area contributed by atoms with Crippen LogP contribution in [0.15, 0.2) is 48.6 Å². The van der Waals surface area contributed by atoms with Gasteiger partial charge in [0.25, 0.3) is 5.91 Å². The molecule has 1 aliphatic carbocycles. The minimum Gasteiger partial charge on any atom is -0.496 e. The first-order valence-corrected chi connectivity index (χ1v) is 25.6. The molecule has 1 spiro atoms. The van der Waals surface area contributed by atoms with Crippen LogP contribution in [0.1, 0.15) is 81.2 Å². The molecule has 3 aromatic rings. The average Bonchev–Trinajstić information content (AvgIpc) is 3.90. The molecule has 0 bridgehead atoms. The van der Waals surface area contributed by atoms with Crippen LogP contribution in [0.25, 0.3) is 10.9 Å². The van der Waals surface area contributed by atoms with Gasteiger partial charge in [-0.1, -0.05) is 44.2 Å². The number of rotatable bonds is 10. The summed E-state index contributed by atoms with van der Waals surface area (Å²) in [5.41, 5.74) is -1.64. The third kappa shape index (κ3) is 6.44. The highest BCUT2D eigenvalue weighted by molar-refractivity contribution is 6.69. The topological polar surface area (TPSA) is 180 Å². The minimum atomic E-state index is -2.38. The molecule has 0 radical (unpaired) electrons. The molecule has 61 heavy (non-hydrogen) atoms. The number of carbonyl (C=O) groups excluding carboxylic acids is 2. The summed E-state index contributed by atoms with van der Waals surface area (Å²) in [6, 6.07) is 11.6. The molecule has 1 saturated heterocycles. The average molecular weight is 858 g/mol. The normalized spacial score (nSPS) is 33.6. The Kier molecular flexibility index (Phi) is 11.4. The van der Waals surface area contributed by atoms with Crippen molar-refractivity contribution in [3.63, 3.8) is 0 Å². The highest BCUT2D eigenvalue weighted by Crippen LogP contribution is 2.67. The zero-order valence-electron chi connectivity index (χ0n) is 37.1. The van der Waals surface area contributed by atoms with Crippen LogP contribution in [0.5, 0.6) is 5.75 Å². The molecule has 8 atom stereocenters. The van der Waals surface area contributed by atoms with Gasteiger partial charge in [0.15, 0.2) is 13.9 Å². The van der Waals surface area contributed by atoms with Crippen molar-refractivity contribution in [3.8, 4) is 5.75 Å². The Morgan fingerprint density at radius 3 is 2.51 bits per heavy atom. The molecule has 0 unspecified atom stereocenters. The Hall–Kier alpha value is -3.76. The monoisotopic (exact) mass is 857 g/mol. The Morgan fingerprint density at radius 1 is 1.03 bits per heavy atom. The lowest BCUT2D eigenvalue weighted by Gasteiger charge is -2.63. The number of likely N-dealkylation sites (N-methyl/N-ethyl adjacent to an activating group) is 1. The summed E-state index contributed by atoms with van der Waals surface area (Å²) in [7, 11) is 2.53. The number of amides is 1. The number of methoxy groups -OCH3 is 2. The van der Waals surface area contributed by atoms with Crippen molar-refractivity contribution in [2.45, 2.75) is 125 Å². The number of benzene rings is 2. The summed E-state index contributed by atoms with van der Waals surface area (Å²) in [5, 5.41) is 45.4. The summed E-state index contributed by atoms with van der Waals surface area (Å²) in [5.74, 6) is -0.628. The summed E-state index contributed by atoms with van der Waals surface area (Å²) in [6.45, 7) is 10.3. The zero-order valence-corrected chi connectivity index (χ0v) is 38.1. The highest BCUT2D eigenvalue weighted by Gasteiger charge is 2.78. The van der Waals surface area contributed by atoms with E-state index in [9.17, 15) is 24.9 Å². The summed E-state index contributed by atoms with van der Waals surface area (Å²) in [4.78, 5) is 48.6. The van der Waals surface area contributed by atoms with Crippen LogP contribution in [-0.4, -0.2) is 134 Å². The van der Waals surface area contributed by atoms with E-state index in [2.05, 4.69) is 38.7 Å². The fraction of sp³-hybridized carbons (Fsp3) is 0.617. The van der Waals surface area contributed by atoms with Gasteiger partial charge in [-0.25, -0.2) is 0 Å². The number of carbonyl (C=O) groups is 2. The fourth-order valence-corrected chi connectivity index (χ4v) is 13.8. The predicted octanol–water partition coefficient (Wildman–Crippen LogP) is 4.00. The van der Waals surface area contributed by atoms with Crippen molar-refractivity contribution in [2.24, 2.45) is 5.41 Å². The molecule has 332 valence electrons. The molecule has 1 aromatic heterocycles. The number of β-amino-alcohol motifs (C(OH)–C–C–N with tert-alkyl or cyclic N) is 1. The highest BCUT2D eigenvalue weighted by atomic mass is 28.4. The van der Waals surface area contributed by atoms with Gasteiger partial charge >= 0.3 is 5.97 Å². The lowest BCUT2D eigenvalue weighted by Crippen LogP contribution is -2.81. The minimum absolute atomic E-state index is 0.251. The molecule has 14 heteroatoms. The molecular formula is C47H67N5O8Si. The first-order valence-electron chi connectivity index (χ1n) is 22.4. The lowest BCUT2D eigenvalue weighted by molar-refractivity contribution is -0.203. The van der Waals surface area contributed by atoms with E-state index in [4.69, 9.17) is 9.47 Å². The van der Waals surface area contributed by atoms with Crippen molar-refractivity contribution >= 4 is 36.8 Å². The van der Waals surface area contributed by atoms with Gasteiger partial charge in [-0.05, 0) is 107 Å². The molecule has 1 saturated carbocycles. The Bertz CT molecular complexity index is 2210. The fourth-order valence-electron chi connectivity index (χ4n) is 12.8. The number of nitrogens with zero attached hydrogens (tertiary/aromatic N) is 2. The number of anilines is 1. The van der Waals surface area contributed by atoms with Crippen molar-refractivity contribution in [1.82, 2.24) is 20.5 Å². The van der Waals surface area contributed by atoms with E-state index < -0.39 is 59.8 Å². The number of aromatic amines is 1. The van der Waals surface area contributed by atoms with Crippen LogP contribution >= 0.6 is 0 Å². The maximum absolute atomic E-state index is 15.2. The number of esters is 1. The van der Waals surface area contributed by atoms with Crippen LogP contribution in [-0.2, 0) is 31.6 Å². The van der Waals surface area contributed by atoms with Crippen LogP contribution in [0.3, 0.4) is 0 Å². The van der Waals surface area contributed by atoms with Gasteiger partial charge in [-0.3, -0.25) is 14.5 Å². The molecule has 4 aliphatic heterocycles. The van der Waals surface area contributed by atoms with E-state index in [1.165, 1.54) is 7.11 Å². The number of hydrogen-bond donors (Lipinski definition) is 7. The number of ether oxygens (including phenoxy) is 2. The standard InChI is InChI=1S/C47H67N5O8Si/c1-8-43(56)18-12-20-45(42(55)60-5,37-31(17-23-48-29-43)30-15-10-11-16-34(30)50-37)33-27-32-35(28-36(33)59-4)51(3)39-46(32)21-25-52-24-13-19-44(9-2,38(46)52)40(53)47(39,57)41(54)49-22-14-26-61(6,7)58/h10-11,13,15-16,19,27-28,38-40,48,50,53,56-58H,8-9,12,14,17-18,20-26,29H2,1-7H3,(H,49,54)/t38-,39+,40+,43-,44+,45-,46+,47-/m0/s1. The first-order chi connectivity index (χ1) is 29.0. The largest absolute Gasteiger partial charge is 0.496 e. The Labute approximate surface area is 361 Å². The van der Waals surface area contributed by atoms with Gasteiger partial charge in [0, 0.05) is 77.5 Å². The van der Waals surface area contributed by atoms with Gasteiger partial charge in [-0.15, -0.1) is 0 Å². The number of fused-ring (bicyclic) bond motifs is 4. The number of para-hydroxylation sites is 1. The van der Waals surface area contributed by atoms with Crippen LogP contribution in [0, 0.1) is 5.41 Å². The third-order valence-electron chi connectivity index (χ3n) is 15.7. The van der Waals surface area contributed by atoms with Crippen LogP contribution in [0.4, 0.5) is 5.69 Å². The van der Waals surface area contributed by atoms with Crippen molar-refractivity contribution in [3.05, 3.63) is 70.9 Å². The number of H-pyrrole nitrogens is 1. The summed E-state index contributed by atoms with van der Waals surface area (Å²) >= 11 is 0. The van der Waals surface area contributed by atoms with E-state index in [1.807, 2.05) is 69.2 Å². The molecule has 13 nitrogen and oxygen atoms in total. The maximum Gasteiger partial charge on any atom is 0.322 e. The summed E-state index contributed by atoms with van der Waals surface area (Å²) in [6.07, 6.45) is 6.66. The van der Waals surface area contributed by atoms with E-state index in [1.54, 1.807) is 7.11 Å². The van der Waals surface area contributed by atoms with Gasteiger partial charge in [0.05, 0.1) is 25.9 Å². The number of aromatic nitrogens is 1. The second kappa shape index (κ2) is 15.8. The molecule has 2 fully saturated rings. The lowest BCUT2D eigenvalue weighted by atomic mass is 9.47. The van der Waals surface area contributed by atoms with E-state index >= 15 is 4.79 Å². The van der Waals surface area contributed by atoms with Crippen molar-refractivity contribution < 1.29 is 39.2 Å². The van der Waals surface area contributed by atoms with E-state index in [0.717, 1.165) is 33.4 Å². The van der Waals surface area contributed by atoms with E-state index in [0.29, 0.717) is 94.9 Å². The Balaban J connectivity index is 1.38. The molecular weight excluding hydrogens is 791 g/mol. The zero-order chi connectivity index (χ0) is 43.8. The second-order valence-electron chi connectivity index (χ2n) is 19.3. The Morgan fingerprint density at radius 2 is 1.80 bits per heavy atom. The molecule has 2 aromatic carbocycles. The molecule has 7 N–H and O–H groups in total. The van der Waals surface area contributed by atoms with Crippen molar-refractivity contribution in [1.29, 1.82) is 0 Å². The SMILES string of the molecule is CC[C@]1(O)CCC[C@](C(=O)OC)(c2cc3c(cc2OC)N(C)[C@H]2[C@@](O)(C(=O)NCCC[Si](C)(C)O)[C@H](O)[C@]4(CC)C=CCN5CC[C@]32[C@@H]54)c2[nH]c3ccccc3c2CCNC1. The summed E-state index contributed by atoms with van der Waals surface area (Å²) < 4.78 is 12.2. The molecule has 5 aliphatic rings. The van der Waals surface area contributed by atoms with Gasteiger partial charge in [0.2, 0.25) is 0 Å². The molecule has 8 rings (SSSR count). The second-order valence-corrected chi connectivity index (χ2v) is 23.4. The van der Waals surface area contributed by atoms with E-state index in [-0.39, 0.29) is 12.6 Å². The van der Waals surface area contributed by atoms with Crippen molar-refractivity contribution in [2.75, 3.05) is 58.9 Å².